The first kappa shape index (κ1) is 26.7. The molecule has 2 aliphatic rings. The molecule has 0 radical (unpaired) electrons. The minimum Gasteiger partial charge on any atom is -0.465 e. The summed E-state index contributed by atoms with van der Waals surface area (Å²) in [6.07, 6.45) is 7.27. The van der Waals surface area contributed by atoms with E-state index in [1.807, 2.05) is 65.6 Å². The molecule has 1 aliphatic heterocycles. The Hall–Kier alpha value is -3.91. The first-order chi connectivity index (χ1) is 19.1. The van der Waals surface area contributed by atoms with Gasteiger partial charge in [-0.3, -0.25) is 4.79 Å². The Morgan fingerprint density at radius 2 is 1.74 bits per heavy atom. The van der Waals surface area contributed by atoms with Crippen LogP contribution >= 0.6 is 0 Å². The fourth-order valence-electron chi connectivity index (χ4n) is 5.93. The second-order valence-electron chi connectivity index (χ2n) is 10.3. The van der Waals surface area contributed by atoms with Gasteiger partial charge in [0.2, 0.25) is 0 Å². The summed E-state index contributed by atoms with van der Waals surface area (Å²) in [5.41, 5.74) is 3.18. The number of carbonyl (C=O) groups is 2. The Morgan fingerprint density at radius 1 is 1.03 bits per heavy atom. The number of amides is 2. The van der Waals surface area contributed by atoms with Crippen LogP contribution in [0, 0.1) is 0 Å². The molecule has 1 aromatic heterocycles. The van der Waals surface area contributed by atoms with E-state index in [1.54, 1.807) is 12.4 Å². The van der Waals surface area contributed by atoms with E-state index in [2.05, 4.69) is 11.1 Å². The lowest BCUT2D eigenvalue weighted by Gasteiger charge is -2.40. The van der Waals surface area contributed by atoms with Gasteiger partial charge in [0.05, 0.1) is 36.8 Å². The van der Waals surface area contributed by atoms with E-state index in [4.69, 9.17) is 9.72 Å². The summed E-state index contributed by atoms with van der Waals surface area (Å²) in [5.74, 6) is -0.169. The Labute approximate surface area is 229 Å². The average Bonchev–Trinajstić information content (AvgIpc) is 3.42. The average molecular weight is 529 g/mol. The van der Waals surface area contributed by atoms with Crippen molar-refractivity contribution in [2.45, 2.75) is 50.3 Å². The molecule has 0 spiro atoms. The lowest BCUT2D eigenvalue weighted by Crippen LogP contribution is -2.57. The van der Waals surface area contributed by atoms with Crippen molar-refractivity contribution in [1.29, 1.82) is 0 Å². The molecule has 2 amide bonds. The van der Waals surface area contributed by atoms with Gasteiger partial charge >= 0.3 is 6.09 Å². The fourth-order valence-corrected chi connectivity index (χ4v) is 5.93. The summed E-state index contributed by atoms with van der Waals surface area (Å²) in [4.78, 5) is 34.0. The first-order valence-electron chi connectivity index (χ1n) is 13.7. The van der Waals surface area contributed by atoms with Gasteiger partial charge < -0.3 is 24.2 Å². The predicted molar refractivity (Wildman–Crippen MR) is 150 cm³/mol. The van der Waals surface area contributed by atoms with E-state index in [0.29, 0.717) is 25.3 Å². The molecular weight excluding hydrogens is 492 g/mol. The first-order valence-corrected chi connectivity index (χ1v) is 13.7. The number of nitrogens with zero attached hydrogens (tertiary/aromatic N) is 4. The molecule has 2 heterocycles. The largest absolute Gasteiger partial charge is 0.465 e. The second kappa shape index (κ2) is 12.3. The summed E-state index contributed by atoms with van der Waals surface area (Å²) in [5, 5.41) is 9.68. The zero-order chi connectivity index (χ0) is 27.2. The molecule has 1 aliphatic carbocycles. The Morgan fingerprint density at radius 3 is 2.46 bits per heavy atom. The standard InChI is InChI=1S/C31H36N4O4/c1-2-19-39-27-16-10-9-15-26(27)35-22-32-28(29(35)24-13-7-4-8-14-24)30(36)34-18-17-33(31(37)38)21-25(34)20-23-11-5-3-6-12-23/h2-8,11-14,22,25-27H,1,9-10,15-21H2,(H,37,38)/t25-,26+,27+/m1/s1. The SMILES string of the molecule is C=CCO[C@H]1CCCC[C@@H]1n1cnc(C(=O)N2CCN(C(=O)O)C[C@H]2Cc2ccccc2)c1-c1ccccc1. The van der Waals surface area contributed by atoms with Crippen LogP contribution in [0.3, 0.4) is 0 Å². The maximum atomic E-state index is 14.3. The van der Waals surface area contributed by atoms with Crippen molar-refractivity contribution >= 4 is 12.0 Å². The highest BCUT2D eigenvalue weighted by Crippen LogP contribution is 2.36. The van der Waals surface area contributed by atoms with Crippen LogP contribution in [0.5, 0.6) is 0 Å². The number of ether oxygens (including phenoxy) is 1. The van der Waals surface area contributed by atoms with Gasteiger partial charge in [0.25, 0.3) is 5.91 Å². The lowest BCUT2D eigenvalue weighted by atomic mass is 9.91. The van der Waals surface area contributed by atoms with E-state index >= 15 is 0 Å². The number of rotatable bonds is 8. The van der Waals surface area contributed by atoms with Gasteiger partial charge in [-0.1, -0.05) is 79.6 Å². The molecule has 2 fully saturated rings. The Kier molecular flexibility index (Phi) is 8.42. The van der Waals surface area contributed by atoms with Crippen molar-refractivity contribution in [3.05, 3.63) is 90.9 Å². The summed E-state index contributed by atoms with van der Waals surface area (Å²) >= 11 is 0. The van der Waals surface area contributed by atoms with Crippen molar-refractivity contribution in [3.63, 3.8) is 0 Å². The van der Waals surface area contributed by atoms with Crippen LogP contribution in [0.4, 0.5) is 4.79 Å². The molecular formula is C31H36N4O4. The minimum absolute atomic E-state index is 0.0151. The lowest BCUT2D eigenvalue weighted by molar-refractivity contribution is 0.00937. The summed E-state index contributed by atoms with van der Waals surface area (Å²) < 4.78 is 8.30. The van der Waals surface area contributed by atoms with Gasteiger partial charge in [-0.15, -0.1) is 6.58 Å². The number of hydrogen-bond donors (Lipinski definition) is 1. The number of piperazine rings is 1. The third-order valence-electron chi connectivity index (χ3n) is 7.82. The maximum Gasteiger partial charge on any atom is 0.407 e. The van der Waals surface area contributed by atoms with Crippen LogP contribution in [0.2, 0.25) is 0 Å². The normalized spacial score (nSPS) is 21.5. The van der Waals surface area contributed by atoms with E-state index in [1.165, 1.54) is 4.90 Å². The molecule has 8 nitrogen and oxygen atoms in total. The van der Waals surface area contributed by atoms with Crippen LogP contribution in [0.25, 0.3) is 11.3 Å². The van der Waals surface area contributed by atoms with Crippen LogP contribution in [-0.4, -0.2) is 74.8 Å². The van der Waals surface area contributed by atoms with Crippen LogP contribution in [-0.2, 0) is 11.2 Å². The smallest absolute Gasteiger partial charge is 0.407 e. The fraction of sp³-hybridized carbons (Fsp3) is 0.387. The summed E-state index contributed by atoms with van der Waals surface area (Å²) in [6.45, 7) is 5.14. The van der Waals surface area contributed by atoms with Crippen molar-refractivity contribution in [2.75, 3.05) is 26.2 Å². The predicted octanol–water partition coefficient (Wildman–Crippen LogP) is 5.28. The molecule has 1 saturated carbocycles. The molecule has 5 rings (SSSR count). The van der Waals surface area contributed by atoms with Crippen LogP contribution in [0.15, 0.2) is 79.6 Å². The molecule has 0 bridgehead atoms. The third kappa shape index (κ3) is 5.91. The molecule has 39 heavy (non-hydrogen) atoms. The number of benzene rings is 2. The minimum atomic E-state index is -0.961. The second-order valence-corrected chi connectivity index (χ2v) is 10.3. The van der Waals surface area contributed by atoms with Gasteiger partial charge in [0.1, 0.15) is 0 Å². The molecule has 1 N–H and O–H groups in total. The zero-order valence-electron chi connectivity index (χ0n) is 22.2. The Balaban J connectivity index is 1.51. The summed E-state index contributed by atoms with van der Waals surface area (Å²) in [7, 11) is 0. The number of hydrogen-bond acceptors (Lipinski definition) is 4. The monoisotopic (exact) mass is 528 g/mol. The van der Waals surface area contributed by atoms with Gasteiger partial charge in [0, 0.05) is 25.2 Å². The highest BCUT2D eigenvalue weighted by atomic mass is 16.5. The highest BCUT2D eigenvalue weighted by Gasteiger charge is 2.37. The van der Waals surface area contributed by atoms with Crippen molar-refractivity contribution in [2.24, 2.45) is 0 Å². The van der Waals surface area contributed by atoms with Gasteiger partial charge in [0.15, 0.2) is 5.69 Å². The van der Waals surface area contributed by atoms with Crippen LogP contribution in [0.1, 0.15) is 47.8 Å². The highest BCUT2D eigenvalue weighted by molar-refractivity contribution is 5.98. The molecule has 0 unspecified atom stereocenters. The summed E-state index contributed by atoms with van der Waals surface area (Å²) in [6, 6.07) is 19.6. The topological polar surface area (TPSA) is 87.9 Å². The molecule has 3 aromatic rings. The van der Waals surface area contributed by atoms with Gasteiger partial charge in [-0.05, 0) is 24.8 Å². The van der Waals surface area contributed by atoms with Crippen molar-refractivity contribution in [3.8, 4) is 11.3 Å². The number of aromatic nitrogens is 2. The van der Waals surface area contributed by atoms with E-state index in [9.17, 15) is 14.7 Å². The van der Waals surface area contributed by atoms with E-state index in [-0.39, 0.29) is 37.2 Å². The van der Waals surface area contributed by atoms with E-state index in [0.717, 1.165) is 42.5 Å². The number of carboxylic acid groups (broad SMARTS) is 1. The molecule has 3 atom stereocenters. The third-order valence-corrected chi connectivity index (χ3v) is 7.82. The van der Waals surface area contributed by atoms with Crippen molar-refractivity contribution in [1.82, 2.24) is 19.4 Å². The molecule has 8 heteroatoms. The number of carbonyl (C=O) groups excluding carboxylic acids is 1. The zero-order valence-corrected chi connectivity index (χ0v) is 22.2. The van der Waals surface area contributed by atoms with Gasteiger partial charge in [-0.25, -0.2) is 9.78 Å². The van der Waals surface area contributed by atoms with E-state index < -0.39 is 6.09 Å². The molecule has 204 valence electrons. The van der Waals surface area contributed by atoms with Crippen molar-refractivity contribution < 1.29 is 19.4 Å². The van der Waals surface area contributed by atoms with Crippen LogP contribution < -0.4 is 0 Å². The number of imidazole rings is 1. The molecule has 1 saturated heterocycles. The Bertz CT molecular complexity index is 1280. The quantitative estimate of drug-likeness (QED) is 0.402. The molecule has 2 aromatic carbocycles. The maximum absolute atomic E-state index is 14.3. The van der Waals surface area contributed by atoms with Gasteiger partial charge in [-0.2, -0.15) is 0 Å².